The van der Waals surface area contributed by atoms with Gasteiger partial charge in [0.05, 0.1) is 0 Å². The van der Waals surface area contributed by atoms with E-state index in [2.05, 4.69) is 100.0 Å². The molecule has 0 fully saturated rings. The third-order valence-corrected chi connectivity index (χ3v) is 9.33. The second-order valence-corrected chi connectivity index (χ2v) is 12.4. The Morgan fingerprint density at radius 3 is 1.52 bits per heavy atom. The molecule has 0 saturated heterocycles. The van der Waals surface area contributed by atoms with Crippen molar-refractivity contribution >= 4 is 48.0 Å². The average molecular weight is 569 g/mol. The van der Waals surface area contributed by atoms with Gasteiger partial charge < -0.3 is 24.8 Å². The van der Waals surface area contributed by atoms with Crippen LogP contribution in [0.4, 0.5) is 0 Å². The van der Waals surface area contributed by atoms with E-state index < -0.39 is 0 Å². The molecule has 0 aliphatic heterocycles. The Balaban J connectivity index is 0.000000545. The van der Waals surface area contributed by atoms with Crippen LogP contribution in [0.5, 0.6) is 0 Å². The van der Waals surface area contributed by atoms with Crippen molar-refractivity contribution in [1.29, 1.82) is 0 Å². The van der Waals surface area contributed by atoms with Gasteiger partial charge in [-0.3, -0.25) is 0 Å². The summed E-state index contributed by atoms with van der Waals surface area (Å²) in [6.07, 6.45) is 5.40. The van der Waals surface area contributed by atoms with Crippen LogP contribution in [-0.4, -0.2) is 25.7 Å². The van der Waals surface area contributed by atoms with E-state index in [0.29, 0.717) is 0 Å². The summed E-state index contributed by atoms with van der Waals surface area (Å²) in [6, 6.07) is 26.7. The van der Waals surface area contributed by atoms with Crippen molar-refractivity contribution in [3.8, 4) is 0 Å². The van der Waals surface area contributed by atoms with Crippen LogP contribution in [0.15, 0.2) is 72.8 Å². The van der Waals surface area contributed by atoms with Gasteiger partial charge in [0, 0.05) is 0 Å². The van der Waals surface area contributed by atoms with Crippen molar-refractivity contribution in [3.05, 3.63) is 72.8 Å². The molecule has 31 heavy (non-hydrogen) atoms. The van der Waals surface area contributed by atoms with Crippen LogP contribution in [0.25, 0.3) is 21.5 Å². The molecule has 4 rings (SSSR count). The maximum atomic E-state index is 2.41. The maximum Gasteiger partial charge on any atom is 4.00 e. The van der Waals surface area contributed by atoms with E-state index in [0.717, 1.165) is 0 Å². The topological polar surface area (TPSA) is 0 Å². The summed E-state index contributed by atoms with van der Waals surface area (Å²) in [5.41, 5.74) is 0. The standard InChI is InChI=1S/C15H20P.C11H12P.2ClH.Zr/c1-3-9-16(10-4-2)15-11-13-7-5-6-8-14(13)12-15;1-12(2)11-7-9-5-3-4-6-10(9)8-11;;;/h5-8,11-12H,3-4,9-10H2,1-2H3;3-8H,1-2H3;2*1H;/q2*-1;;;+4/p-2. The second-order valence-electron chi connectivity index (χ2n) is 7.57. The molecule has 0 spiro atoms. The molecule has 0 N–H and O–H groups in total. The third kappa shape index (κ3) is 8.69. The second kappa shape index (κ2) is 15.8. The van der Waals surface area contributed by atoms with E-state index in [4.69, 9.17) is 0 Å². The zero-order chi connectivity index (χ0) is 19.9. The quantitative estimate of drug-likeness (QED) is 0.244. The smallest absolute Gasteiger partial charge is 1.00 e. The molecule has 0 unspecified atom stereocenters. The largest absolute Gasteiger partial charge is 4.00 e. The van der Waals surface area contributed by atoms with Crippen molar-refractivity contribution < 1.29 is 51.0 Å². The normalized spacial score (nSPS) is 10.3. The molecule has 0 bridgehead atoms. The van der Waals surface area contributed by atoms with E-state index in [1.54, 1.807) is 5.30 Å². The van der Waals surface area contributed by atoms with Crippen LogP contribution >= 0.6 is 15.8 Å². The molecule has 0 nitrogen and oxygen atoms in total. The molecule has 4 aromatic carbocycles. The number of hydrogen-bond donors (Lipinski definition) is 0. The van der Waals surface area contributed by atoms with Gasteiger partial charge in [0.15, 0.2) is 0 Å². The number of fused-ring (bicyclic) bond motifs is 2. The van der Waals surface area contributed by atoms with E-state index in [-0.39, 0.29) is 66.9 Å². The van der Waals surface area contributed by atoms with Crippen LogP contribution in [0.3, 0.4) is 0 Å². The van der Waals surface area contributed by atoms with Crippen molar-refractivity contribution in [1.82, 2.24) is 0 Å². The van der Waals surface area contributed by atoms with Crippen molar-refractivity contribution in [2.24, 2.45) is 0 Å². The fraction of sp³-hybridized carbons (Fsp3) is 0.308. The summed E-state index contributed by atoms with van der Waals surface area (Å²) < 4.78 is 0. The summed E-state index contributed by atoms with van der Waals surface area (Å²) in [6.45, 7) is 9.19. The van der Waals surface area contributed by atoms with Gasteiger partial charge >= 0.3 is 26.2 Å². The Bertz CT molecular complexity index is 935. The molecule has 164 valence electrons. The minimum absolute atomic E-state index is 0. The first-order valence-corrected chi connectivity index (χ1v) is 14.3. The van der Waals surface area contributed by atoms with Crippen molar-refractivity contribution in [3.63, 3.8) is 0 Å². The minimum atomic E-state index is 0. The van der Waals surface area contributed by atoms with Crippen molar-refractivity contribution in [2.75, 3.05) is 25.7 Å². The fourth-order valence-electron chi connectivity index (χ4n) is 3.62. The minimum Gasteiger partial charge on any atom is -1.00 e. The zero-order valence-corrected chi connectivity index (χ0v) is 24.7. The van der Waals surface area contributed by atoms with Crippen LogP contribution in [0, 0.1) is 0 Å². The van der Waals surface area contributed by atoms with E-state index in [9.17, 15) is 0 Å². The van der Waals surface area contributed by atoms with Crippen molar-refractivity contribution in [2.45, 2.75) is 26.7 Å². The average Bonchev–Trinajstić information content (AvgIpc) is 3.32. The van der Waals surface area contributed by atoms with Crippen LogP contribution < -0.4 is 35.4 Å². The molecule has 0 atom stereocenters. The van der Waals surface area contributed by atoms with Gasteiger partial charge in [-0.15, -0.1) is 88.6 Å². The number of benzene rings is 2. The Morgan fingerprint density at radius 1 is 0.677 bits per heavy atom. The van der Waals surface area contributed by atoms with Gasteiger partial charge in [-0.2, -0.15) is 12.1 Å². The molecule has 0 amide bonds. The maximum absolute atomic E-state index is 2.41. The van der Waals surface area contributed by atoms with Gasteiger partial charge in [-0.25, -0.2) is 0 Å². The summed E-state index contributed by atoms with van der Waals surface area (Å²) in [7, 11) is 0.155. The van der Waals surface area contributed by atoms with E-state index in [1.807, 2.05) is 0 Å². The molecule has 0 radical (unpaired) electrons. The Kier molecular flexibility index (Phi) is 15.7. The Hall–Kier alpha value is -0.0169. The van der Waals surface area contributed by atoms with Gasteiger partial charge in [0.2, 0.25) is 0 Å². The summed E-state index contributed by atoms with van der Waals surface area (Å²) in [5, 5.41) is 8.70. The Morgan fingerprint density at radius 2 is 1.10 bits per heavy atom. The third-order valence-electron chi connectivity index (χ3n) is 5.07. The summed E-state index contributed by atoms with van der Waals surface area (Å²) in [5.74, 6) is 0. The van der Waals surface area contributed by atoms with Gasteiger partial charge in [0.1, 0.15) is 0 Å². The molecule has 0 aliphatic carbocycles. The zero-order valence-electron chi connectivity index (χ0n) is 18.9. The number of rotatable bonds is 6. The molecular weight excluding hydrogens is 536 g/mol. The molecule has 4 aromatic rings. The number of hydrogen-bond acceptors (Lipinski definition) is 0. The first-order valence-electron chi connectivity index (χ1n) is 10.4. The molecular formula is C26H32Cl2P2Zr. The molecule has 0 heterocycles. The predicted octanol–water partition coefficient (Wildman–Crippen LogP) is 1.42. The van der Waals surface area contributed by atoms with E-state index in [1.165, 1.54) is 52.0 Å². The first-order chi connectivity index (χ1) is 13.6. The van der Waals surface area contributed by atoms with Gasteiger partial charge in [0.25, 0.3) is 0 Å². The Labute approximate surface area is 222 Å². The first kappa shape index (κ1) is 31.0. The van der Waals surface area contributed by atoms with Crippen LogP contribution in [-0.2, 0) is 26.2 Å². The van der Waals surface area contributed by atoms with E-state index >= 15 is 0 Å². The predicted molar refractivity (Wildman–Crippen MR) is 134 cm³/mol. The van der Waals surface area contributed by atoms with Crippen LogP contribution in [0.2, 0.25) is 0 Å². The molecule has 5 heteroatoms. The summed E-state index contributed by atoms with van der Waals surface area (Å²) >= 11 is 0. The molecule has 0 aliphatic rings. The number of halogens is 2. The summed E-state index contributed by atoms with van der Waals surface area (Å²) in [4.78, 5) is 0. The SMILES string of the molecule is CCCP(CCC)c1cc2ccccc2[cH-]1.CP(C)c1cc2ccccc2[cH-]1.[Cl-].[Cl-].[Zr+4]. The monoisotopic (exact) mass is 566 g/mol. The fourth-order valence-corrected chi connectivity index (χ4v) is 6.88. The molecule has 0 aromatic heterocycles. The molecule has 0 saturated carbocycles. The van der Waals surface area contributed by atoms with Crippen LogP contribution in [0.1, 0.15) is 26.7 Å². The van der Waals surface area contributed by atoms with Gasteiger partial charge in [-0.05, 0) is 25.7 Å². The van der Waals surface area contributed by atoms with Gasteiger partial charge in [-0.1, -0.05) is 46.7 Å².